The van der Waals surface area contributed by atoms with Crippen LogP contribution in [0.5, 0.6) is 0 Å². The predicted octanol–water partition coefficient (Wildman–Crippen LogP) is 9.06. The molecule has 62 heavy (non-hydrogen) atoms. The predicted molar refractivity (Wildman–Crippen MR) is 278 cm³/mol. The van der Waals surface area contributed by atoms with Gasteiger partial charge in [0, 0.05) is 33.1 Å². The number of benzene rings is 10. The topological polar surface area (TPSA) is 16.4 Å². The molecule has 0 aliphatic heterocycles. The number of rotatable bonds is 7. The van der Waals surface area contributed by atoms with Crippen molar-refractivity contribution < 1.29 is 4.42 Å². The monoisotopic (exact) mass is 787 g/mol. The van der Waals surface area contributed by atoms with Crippen LogP contribution in [-0.2, 0) is 0 Å². The summed E-state index contributed by atoms with van der Waals surface area (Å²) in [6.07, 6.45) is 0. The fourth-order valence-electron chi connectivity index (χ4n) is 9.85. The first-order chi connectivity index (χ1) is 30.4. The number of furan rings is 1. The number of hydrogen-bond donors (Lipinski definition) is 0. The Morgan fingerprint density at radius 2 is 0.903 bits per heavy atom. The molecule has 0 saturated heterocycles. The smallest absolute Gasteiger partial charge is 0.143 e. The van der Waals surface area contributed by atoms with Crippen LogP contribution in [-0.4, -0.2) is 31.4 Å². The Balaban J connectivity index is 1.12. The highest BCUT2D eigenvalue weighted by molar-refractivity contribution is 6.63. The van der Waals surface area contributed by atoms with Crippen molar-refractivity contribution in [2.75, 3.05) is 4.90 Å². The standard InChI is InChI=1S/C56H41B4NO/c57-51-49(39-26-24-35(25-27-39)34-12-2-1-3-13-34)52(58)54(60)55(53(51)59)61(40-31-28-38(29-32-40)42-20-10-16-36-14-4-6-17-41(36)42)47-22-9-8-19-44(47)45-21-11-23-48-50(45)46-33-30-37-15-5-7-18-43(37)56(46)62-48/h1-33H,57-60H2. The highest BCUT2D eigenvalue weighted by Gasteiger charge is 2.26. The summed E-state index contributed by atoms with van der Waals surface area (Å²) in [4.78, 5) is 2.51. The molecule has 6 heteroatoms. The van der Waals surface area contributed by atoms with Gasteiger partial charge < -0.3 is 9.32 Å². The van der Waals surface area contributed by atoms with Gasteiger partial charge in [0.25, 0.3) is 0 Å². The second-order valence-electron chi connectivity index (χ2n) is 16.5. The largest absolute Gasteiger partial charge is 0.455 e. The summed E-state index contributed by atoms with van der Waals surface area (Å²) >= 11 is 0. The van der Waals surface area contributed by atoms with E-state index in [1.807, 2.05) is 0 Å². The van der Waals surface area contributed by atoms with Gasteiger partial charge in [-0.1, -0.05) is 192 Å². The zero-order valence-electron chi connectivity index (χ0n) is 35.4. The summed E-state index contributed by atoms with van der Waals surface area (Å²) in [5.41, 5.74) is 20.0. The first kappa shape index (κ1) is 37.6. The van der Waals surface area contributed by atoms with Crippen molar-refractivity contribution in [3.05, 3.63) is 200 Å². The summed E-state index contributed by atoms with van der Waals surface area (Å²) in [7, 11) is 9.19. The van der Waals surface area contributed by atoms with Gasteiger partial charge >= 0.3 is 0 Å². The summed E-state index contributed by atoms with van der Waals surface area (Å²) < 4.78 is 6.73. The molecule has 0 N–H and O–H groups in total. The van der Waals surface area contributed by atoms with Crippen LogP contribution in [0.25, 0.3) is 88.0 Å². The maximum Gasteiger partial charge on any atom is 0.143 e. The molecule has 0 spiro atoms. The Kier molecular flexibility index (Phi) is 9.24. The van der Waals surface area contributed by atoms with E-state index < -0.39 is 0 Å². The molecule has 0 unspecified atom stereocenters. The lowest BCUT2D eigenvalue weighted by atomic mass is 9.64. The maximum absolute atomic E-state index is 6.73. The molecule has 2 nitrogen and oxygen atoms in total. The average molecular weight is 787 g/mol. The molecule has 10 aromatic carbocycles. The zero-order valence-corrected chi connectivity index (χ0v) is 35.4. The molecule has 1 heterocycles. The second-order valence-corrected chi connectivity index (χ2v) is 16.5. The summed E-state index contributed by atoms with van der Waals surface area (Å²) in [6.45, 7) is 0. The van der Waals surface area contributed by atoms with Gasteiger partial charge in [0.05, 0.1) is 5.69 Å². The number of para-hydroxylation sites is 1. The molecule has 0 radical (unpaired) electrons. The van der Waals surface area contributed by atoms with E-state index in [0.717, 1.165) is 49.8 Å². The fourth-order valence-corrected chi connectivity index (χ4v) is 9.85. The molecule has 288 valence electrons. The van der Waals surface area contributed by atoms with E-state index in [2.05, 4.69) is 236 Å². The Hall–Kier alpha value is -7.42. The fraction of sp³-hybridized carbons (Fsp3) is 0. The van der Waals surface area contributed by atoms with E-state index in [4.69, 9.17) is 4.42 Å². The van der Waals surface area contributed by atoms with Gasteiger partial charge in [0.2, 0.25) is 0 Å². The highest BCUT2D eigenvalue weighted by atomic mass is 16.3. The van der Waals surface area contributed by atoms with Gasteiger partial charge in [-0.25, -0.2) is 0 Å². The van der Waals surface area contributed by atoms with E-state index in [-0.39, 0.29) is 0 Å². The minimum Gasteiger partial charge on any atom is -0.455 e. The lowest BCUT2D eigenvalue weighted by Gasteiger charge is -2.34. The van der Waals surface area contributed by atoms with Crippen LogP contribution in [0.3, 0.4) is 0 Å². The van der Waals surface area contributed by atoms with E-state index in [0.29, 0.717) is 0 Å². The van der Waals surface area contributed by atoms with Crippen LogP contribution in [0.15, 0.2) is 205 Å². The molecular weight excluding hydrogens is 746 g/mol. The van der Waals surface area contributed by atoms with Gasteiger partial charge in [0.15, 0.2) is 0 Å². The lowest BCUT2D eigenvalue weighted by molar-refractivity contribution is 0.673. The zero-order chi connectivity index (χ0) is 41.9. The van der Waals surface area contributed by atoms with Crippen molar-refractivity contribution in [3.63, 3.8) is 0 Å². The molecule has 1 aromatic heterocycles. The van der Waals surface area contributed by atoms with Gasteiger partial charge in [-0.2, -0.15) is 0 Å². The second kappa shape index (κ2) is 15.2. The van der Waals surface area contributed by atoms with Crippen LogP contribution < -0.4 is 26.8 Å². The molecule has 0 fully saturated rings. The van der Waals surface area contributed by atoms with E-state index in [1.165, 1.54) is 77.1 Å². The summed E-state index contributed by atoms with van der Waals surface area (Å²) in [5.74, 6) is 0. The third-order valence-corrected chi connectivity index (χ3v) is 13.1. The summed E-state index contributed by atoms with van der Waals surface area (Å²) in [5, 5.41) is 7.04. The molecule has 0 aliphatic rings. The van der Waals surface area contributed by atoms with E-state index in [1.54, 1.807) is 0 Å². The van der Waals surface area contributed by atoms with Crippen LogP contribution in [0.1, 0.15) is 0 Å². The van der Waals surface area contributed by atoms with E-state index >= 15 is 0 Å². The van der Waals surface area contributed by atoms with E-state index in [9.17, 15) is 0 Å². The van der Waals surface area contributed by atoms with Crippen LogP contribution in [0.4, 0.5) is 17.1 Å². The maximum atomic E-state index is 6.73. The van der Waals surface area contributed by atoms with Crippen molar-refractivity contribution in [1.29, 1.82) is 0 Å². The Labute approximate surface area is 366 Å². The van der Waals surface area contributed by atoms with Crippen molar-refractivity contribution in [2.24, 2.45) is 0 Å². The minimum atomic E-state index is 0.885. The van der Waals surface area contributed by atoms with Crippen LogP contribution in [0.2, 0.25) is 0 Å². The van der Waals surface area contributed by atoms with Gasteiger partial charge in [-0.3, -0.25) is 0 Å². The minimum absolute atomic E-state index is 0.885. The van der Waals surface area contributed by atoms with Gasteiger partial charge in [-0.05, 0) is 85.4 Å². The number of fused-ring (bicyclic) bond motifs is 6. The molecule has 11 aromatic rings. The highest BCUT2D eigenvalue weighted by Crippen LogP contribution is 2.45. The normalized spacial score (nSPS) is 11.5. The summed E-state index contributed by atoms with van der Waals surface area (Å²) in [6, 6.07) is 72.4. The molecule has 0 bridgehead atoms. The van der Waals surface area contributed by atoms with Crippen molar-refractivity contribution in [2.45, 2.75) is 0 Å². The number of anilines is 3. The van der Waals surface area contributed by atoms with Crippen molar-refractivity contribution >= 4 is 114 Å². The lowest BCUT2D eigenvalue weighted by Crippen LogP contribution is -2.46. The first-order valence-corrected chi connectivity index (χ1v) is 21.5. The third-order valence-electron chi connectivity index (χ3n) is 13.1. The molecule has 0 aliphatic carbocycles. The average Bonchev–Trinajstić information content (AvgIpc) is 3.73. The van der Waals surface area contributed by atoms with Crippen LogP contribution in [0, 0.1) is 0 Å². The molecule has 0 atom stereocenters. The molecule has 0 amide bonds. The third kappa shape index (κ3) is 6.17. The number of hydrogen-bond acceptors (Lipinski definition) is 2. The quantitative estimate of drug-likeness (QED) is 0.150. The van der Waals surface area contributed by atoms with Crippen molar-refractivity contribution in [3.8, 4) is 44.5 Å². The van der Waals surface area contributed by atoms with Gasteiger partial charge in [0.1, 0.15) is 42.6 Å². The Bertz CT molecular complexity index is 3470. The van der Waals surface area contributed by atoms with Crippen LogP contribution >= 0.6 is 0 Å². The van der Waals surface area contributed by atoms with Crippen molar-refractivity contribution in [1.82, 2.24) is 0 Å². The number of nitrogens with zero attached hydrogens (tertiary/aromatic N) is 1. The Morgan fingerprint density at radius 1 is 0.355 bits per heavy atom. The van der Waals surface area contributed by atoms with Gasteiger partial charge in [-0.15, -0.1) is 0 Å². The first-order valence-electron chi connectivity index (χ1n) is 21.5. The molecule has 11 rings (SSSR count). The SMILES string of the molecule is Bc1c(B)c(N(c2ccc(-c3cccc4ccccc34)cc2)c2ccccc2-c2cccc3oc4c5ccccc5ccc4c23)c(B)c(B)c1-c1ccc(-c2ccccc2)cc1. The molecule has 0 saturated carbocycles. The Morgan fingerprint density at radius 3 is 1.66 bits per heavy atom. The molecular formula is C56H41B4NO.